The van der Waals surface area contributed by atoms with Crippen molar-refractivity contribution in [3.8, 4) is 12.1 Å². The summed E-state index contributed by atoms with van der Waals surface area (Å²) >= 11 is 0. The van der Waals surface area contributed by atoms with Crippen molar-refractivity contribution in [3.63, 3.8) is 0 Å². The molecule has 0 saturated carbocycles. The molecule has 0 fully saturated rings. The van der Waals surface area contributed by atoms with Gasteiger partial charge in [0.15, 0.2) is 0 Å². The fourth-order valence-corrected chi connectivity index (χ4v) is 8.62. The molecule has 2 aromatic heterocycles. The predicted octanol–water partition coefficient (Wildman–Crippen LogP) is 5.60. The zero-order valence-corrected chi connectivity index (χ0v) is 23.7. The summed E-state index contributed by atoms with van der Waals surface area (Å²) in [6.45, 7) is 0. The van der Waals surface area contributed by atoms with Crippen LogP contribution in [0.4, 0.5) is 0 Å². The second kappa shape index (κ2) is 10.3. The number of hydrogen-bond donors (Lipinski definition) is 0. The number of rotatable bonds is 7. The van der Waals surface area contributed by atoms with Gasteiger partial charge in [-0.3, -0.25) is 0 Å². The number of fused-ring (bicyclic) bond motifs is 2. The second-order valence-electron chi connectivity index (χ2n) is 9.57. The summed E-state index contributed by atoms with van der Waals surface area (Å²) in [6, 6.07) is 33.7. The van der Waals surface area contributed by atoms with Gasteiger partial charge in [-0.25, -0.2) is 24.8 Å². The van der Waals surface area contributed by atoms with Gasteiger partial charge in [-0.15, -0.1) is 0 Å². The zero-order chi connectivity index (χ0) is 29.5. The molecule has 0 radical (unpaired) electrons. The third kappa shape index (κ3) is 4.17. The number of para-hydroxylation sites is 2. The SMILES string of the molecule is N#Cc1c(CCc2c(C#N)c3ccccc3n2S(=O)(=O)c2ccccc2)n(S(=O)(=O)c2ccccc2)c2ccccc12. The molecule has 0 aliphatic carbocycles. The van der Waals surface area contributed by atoms with Crippen LogP contribution in [0.1, 0.15) is 22.5 Å². The van der Waals surface area contributed by atoms with E-state index in [4.69, 9.17) is 0 Å². The number of hydrogen-bond acceptors (Lipinski definition) is 6. The van der Waals surface area contributed by atoms with Gasteiger partial charge in [0.05, 0.1) is 43.3 Å². The molecule has 10 heteroatoms. The Morgan fingerprint density at radius 1 is 0.500 bits per heavy atom. The van der Waals surface area contributed by atoms with Gasteiger partial charge in [0.2, 0.25) is 0 Å². The molecule has 206 valence electrons. The first kappa shape index (κ1) is 27.0. The van der Waals surface area contributed by atoms with E-state index in [1.807, 2.05) is 0 Å². The average Bonchev–Trinajstić information content (AvgIpc) is 3.53. The summed E-state index contributed by atoms with van der Waals surface area (Å²) in [7, 11) is -8.27. The van der Waals surface area contributed by atoms with Gasteiger partial charge in [-0.05, 0) is 49.2 Å². The minimum absolute atomic E-state index is 0.0288. The number of aromatic nitrogens is 2. The smallest absolute Gasteiger partial charge is 0.237 e. The molecule has 6 aromatic rings. The highest BCUT2D eigenvalue weighted by molar-refractivity contribution is 7.90. The van der Waals surface area contributed by atoms with Crippen molar-refractivity contribution in [1.82, 2.24) is 7.94 Å². The lowest BCUT2D eigenvalue weighted by atomic mass is 10.1. The van der Waals surface area contributed by atoms with Gasteiger partial charge in [-0.2, -0.15) is 10.5 Å². The van der Waals surface area contributed by atoms with Crippen LogP contribution >= 0.6 is 0 Å². The molecular weight excluding hydrogens is 569 g/mol. The molecule has 2 heterocycles. The van der Waals surface area contributed by atoms with Gasteiger partial charge in [0.25, 0.3) is 20.0 Å². The predicted molar refractivity (Wildman–Crippen MR) is 159 cm³/mol. The molecule has 0 aliphatic heterocycles. The van der Waals surface area contributed by atoms with Gasteiger partial charge in [-0.1, -0.05) is 72.8 Å². The third-order valence-corrected chi connectivity index (χ3v) is 10.8. The molecule has 0 bridgehead atoms. The molecule has 0 N–H and O–H groups in total. The Labute approximate surface area is 243 Å². The van der Waals surface area contributed by atoms with Crippen molar-refractivity contribution in [2.75, 3.05) is 0 Å². The molecule has 0 unspecified atom stereocenters. The van der Waals surface area contributed by atoms with E-state index in [0.717, 1.165) is 0 Å². The zero-order valence-electron chi connectivity index (χ0n) is 22.0. The molecule has 0 aliphatic rings. The van der Waals surface area contributed by atoms with Gasteiger partial charge < -0.3 is 0 Å². The Balaban J connectivity index is 1.59. The Hall–Kier alpha value is -5.16. The lowest BCUT2D eigenvalue weighted by Crippen LogP contribution is -2.19. The van der Waals surface area contributed by atoms with Gasteiger partial charge in [0.1, 0.15) is 12.1 Å². The van der Waals surface area contributed by atoms with Crippen LogP contribution in [0, 0.1) is 22.7 Å². The van der Waals surface area contributed by atoms with E-state index < -0.39 is 20.0 Å². The minimum Gasteiger partial charge on any atom is -0.237 e. The highest BCUT2D eigenvalue weighted by atomic mass is 32.2. The Bertz CT molecular complexity index is 2130. The number of nitrogens with zero attached hydrogens (tertiary/aromatic N) is 4. The summed E-state index contributed by atoms with van der Waals surface area (Å²) in [5.41, 5.74) is 1.45. The lowest BCUT2D eigenvalue weighted by molar-refractivity contribution is 0.583. The van der Waals surface area contributed by atoms with E-state index >= 15 is 0 Å². The summed E-state index contributed by atoms with van der Waals surface area (Å²) < 4.78 is 58.3. The van der Waals surface area contributed by atoms with Crippen LogP contribution in [0.5, 0.6) is 0 Å². The van der Waals surface area contributed by atoms with Crippen molar-refractivity contribution in [1.29, 1.82) is 10.5 Å². The summed E-state index contributed by atoms with van der Waals surface area (Å²) in [6.07, 6.45) is -0.0576. The van der Waals surface area contributed by atoms with Crippen molar-refractivity contribution in [2.24, 2.45) is 0 Å². The minimum atomic E-state index is -4.14. The van der Waals surface area contributed by atoms with Crippen LogP contribution in [0.25, 0.3) is 21.8 Å². The first-order valence-corrected chi connectivity index (χ1v) is 15.8. The quantitative estimate of drug-likeness (QED) is 0.238. The van der Waals surface area contributed by atoms with Crippen LogP contribution in [-0.4, -0.2) is 24.8 Å². The molecule has 42 heavy (non-hydrogen) atoms. The molecule has 4 aromatic carbocycles. The van der Waals surface area contributed by atoms with Crippen molar-refractivity contribution in [2.45, 2.75) is 22.6 Å². The average molecular weight is 591 g/mol. The summed E-state index contributed by atoms with van der Waals surface area (Å²) in [5.74, 6) is 0. The first-order valence-electron chi connectivity index (χ1n) is 13.0. The van der Waals surface area contributed by atoms with E-state index in [-0.39, 0.29) is 45.1 Å². The molecule has 0 saturated heterocycles. The van der Waals surface area contributed by atoms with Gasteiger partial charge in [0, 0.05) is 10.8 Å². The van der Waals surface area contributed by atoms with Crippen LogP contribution in [0.15, 0.2) is 119 Å². The van der Waals surface area contributed by atoms with Crippen LogP contribution < -0.4 is 0 Å². The number of benzene rings is 4. The van der Waals surface area contributed by atoms with Crippen molar-refractivity contribution < 1.29 is 16.8 Å². The van der Waals surface area contributed by atoms with E-state index in [1.165, 1.54) is 32.2 Å². The molecule has 0 spiro atoms. The summed E-state index contributed by atoms with van der Waals surface area (Å²) in [5, 5.41) is 21.3. The number of nitriles is 2. The monoisotopic (exact) mass is 590 g/mol. The fraction of sp³-hybridized carbons (Fsp3) is 0.0625. The molecule has 6 rings (SSSR count). The molecular formula is C32H22N4O4S2. The van der Waals surface area contributed by atoms with Crippen molar-refractivity contribution >= 4 is 41.9 Å². The van der Waals surface area contributed by atoms with E-state index in [2.05, 4.69) is 12.1 Å². The topological polar surface area (TPSA) is 126 Å². The second-order valence-corrected chi connectivity index (χ2v) is 13.1. The third-order valence-electron chi connectivity index (χ3n) is 7.24. The normalized spacial score (nSPS) is 11.9. The lowest BCUT2D eigenvalue weighted by Gasteiger charge is -2.15. The molecule has 8 nitrogen and oxygen atoms in total. The highest BCUT2D eigenvalue weighted by Gasteiger charge is 2.30. The maximum atomic E-state index is 14.0. The maximum absolute atomic E-state index is 14.0. The molecule has 0 atom stereocenters. The molecule has 0 amide bonds. The fourth-order valence-electron chi connectivity index (χ4n) is 5.41. The Kier molecular flexibility index (Phi) is 6.66. The Morgan fingerprint density at radius 3 is 1.19 bits per heavy atom. The highest BCUT2D eigenvalue weighted by Crippen LogP contribution is 2.34. The van der Waals surface area contributed by atoms with Crippen LogP contribution in [0.3, 0.4) is 0 Å². The summed E-state index contributed by atoms with van der Waals surface area (Å²) in [4.78, 5) is 0.102. The maximum Gasteiger partial charge on any atom is 0.268 e. The Morgan fingerprint density at radius 2 is 0.833 bits per heavy atom. The van der Waals surface area contributed by atoms with E-state index in [0.29, 0.717) is 21.8 Å². The van der Waals surface area contributed by atoms with Crippen molar-refractivity contribution in [3.05, 3.63) is 132 Å². The van der Waals surface area contributed by atoms with E-state index in [1.54, 1.807) is 84.9 Å². The first-order chi connectivity index (χ1) is 20.3. The van der Waals surface area contributed by atoms with Gasteiger partial charge >= 0.3 is 0 Å². The standard InChI is InChI=1S/C32H22N4O4S2/c33-21-27-25-15-7-9-17-29(25)35(41(37,38)23-11-3-1-4-12-23)31(27)19-20-32-28(22-34)26-16-8-10-18-30(26)36(32)42(39,40)24-13-5-2-6-14-24/h1-18H,19-20H2. The van der Waals surface area contributed by atoms with E-state index in [9.17, 15) is 27.4 Å². The van der Waals surface area contributed by atoms with Crippen LogP contribution in [-0.2, 0) is 32.9 Å². The van der Waals surface area contributed by atoms with Crippen LogP contribution in [0.2, 0.25) is 0 Å². The largest absolute Gasteiger partial charge is 0.268 e.